The molecule has 1 aromatic carbocycles. The molecule has 1 unspecified atom stereocenters. The van der Waals surface area contributed by atoms with Crippen molar-refractivity contribution in [2.75, 3.05) is 18.0 Å². The monoisotopic (exact) mass is 328 g/mol. The van der Waals surface area contributed by atoms with Gasteiger partial charge in [0, 0.05) is 31.0 Å². The van der Waals surface area contributed by atoms with Gasteiger partial charge >= 0.3 is 0 Å². The molecule has 3 heterocycles. The molecule has 4 rings (SSSR count). The van der Waals surface area contributed by atoms with Crippen LogP contribution in [0.25, 0.3) is 16.8 Å². The van der Waals surface area contributed by atoms with E-state index >= 15 is 0 Å². The molecule has 2 aromatic heterocycles. The van der Waals surface area contributed by atoms with Gasteiger partial charge in [0.25, 0.3) is 0 Å². The second-order valence-electron chi connectivity index (χ2n) is 5.83. The zero-order valence-corrected chi connectivity index (χ0v) is 13.3. The van der Waals surface area contributed by atoms with Gasteiger partial charge in [-0.2, -0.15) is 5.10 Å². The number of hydrogen-bond acceptors (Lipinski definition) is 4. The summed E-state index contributed by atoms with van der Waals surface area (Å²) < 4.78 is 1.82. The second kappa shape index (κ2) is 5.83. The first-order valence-corrected chi connectivity index (χ1v) is 8.12. The van der Waals surface area contributed by atoms with Gasteiger partial charge in [-0.05, 0) is 25.0 Å². The minimum atomic E-state index is -0.295. The highest BCUT2D eigenvalue weighted by atomic mass is 35.5. The lowest BCUT2D eigenvalue weighted by Gasteiger charge is -2.31. The summed E-state index contributed by atoms with van der Waals surface area (Å²) in [5, 5.41) is 15.2. The summed E-state index contributed by atoms with van der Waals surface area (Å²) in [5.74, 6) is 0.858. The Labute approximate surface area is 139 Å². The molecule has 0 radical (unpaired) electrons. The second-order valence-corrected chi connectivity index (χ2v) is 6.24. The Bertz CT molecular complexity index is 847. The zero-order valence-electron chi connectivity index (χ0n) is 12.6. The number of piperidine rings is 1. The van der Waals surface area contributed by atoms with Crippen molar-refractivity contribution in [3.8, 4) is 11.3 Å². The van der Waals surface area contributed by atoms with Crippen LogP contribution >= 0.6 is 11.6 Å². The van der Waals surface area contributed by atoms with Gasteiger partial charge in [0.05, 0.1) is 16.8 Å². The van der Waals surface area contributed by atoms with Gasteiger partial charge in [0.15, 0.2) is 5.82 Å². The fraction of sp³-hybridized carbons (Fsp3) is 0.294. The van der Waals surface area contributed by atoms with Gasteiger partial charge < -0.3 is 10.0 Å². The molecule has 3 aromatic rings. The zero-order chi connectivity index (χ0) is 15.8. The van der Waals surface area contributed by atoms with Crippen LogP contribution in [0, 0.1) is 0 Å². The van der Waals surface area contributed by atoms with Crippen molar-refractivity contribution in [2.45, 2.75) is 18.9 Å². The molecular formula is C17H17ClN4O. The Kier molecular flexibility index (Phi) is 3.67. The third kappa shape index (κ3) is 2.66. The number of nitrogens with zero attached hydrogens (tertiary/aromatic N) is 4. The average Bonchev–Trinajstić information content (AvgIpc) is 2.99. The Balaban J connectivity index is 1.80. The highest BCUT2D eigenvalue weighted by molar-refractivity contribution is 6.33. The molecule has 1 atom stereocenters. The van der Waals surface area contributed by atoms with Gasteiger partial charge in [0.2, 0.25) is 0 Å². The molecule has 1 saturated heterocycles. The van der Waals surface area contributed by atoms with Crippen LogP contribution in [0.1, 0.15) is 12.8 Å². The fourth-order valence-electron chi connectivity index (χ4n) is 3.10. The third-order valence-corrected chi connectivity index (χ3v) is 4.54. The van der Waals surface area contributed by atoms with E-state index < -0.39 is 0 Å². The summed E-state index contributed by atoms with van der Waals surface area (Å²) in [4.78, 5) is 6.64. The molecule has 1 aliphatic rings. The van der Waals surface area contributed by atoms with Crippen LogP contribution in [-0.2, 0) is 0 Å². The van der Waals surface area contributed by atoms with E-state index in [9.17, 15) is 5.11 Å². The minimum absolute atomic E-state index is 0.295. The van der Waals surface area contributed by atoms with Crippen LogP contribution in [0.4, 0.5) is 5.82 Å². The normalized spacial score (nSPS) is 18.5. The highest BCUT2D eigenvalue weighted by Crippen LogP contribution is 2.30. The molecular weight excluding hydrogens is 312 g/mol. The van der Waals surface area contributed by atoms with Gasteiger partial charge in [-0.25, -0.2) is 9.50 Å². The standard InChI is InChI=1S/C17H17ClN4O/c18-14-6-2-1-5-13(14)15-10-16-17(19-7-9-22(16)20-15)21-8-3-4-12(23)11-21/h1-2,5-7,9-10,12,23H,3-4,8,11H2. The molecule has 23 heavy (non-hydrogen) atoms. The number of β-amino-alcohol motifs (C(OH)–C–C–N with tert-alkyl or cyclic N) is 1. The van der Waals surface area contributed by atoms with E-state index in [1.54, 1.807) is 6.20 Å². The first-order chi connectivity index (χ1) is 11.2. The number of aliphatic hydroxyl groups is 1. The van der Waals surface area contributed by atoms with Crippen LogP contribution in [0.15, 0.2) is 42.7 Å². The molecule has 1 N–H and O–H groups in total. The third-order valence-electron chi connectivity index (χ3n) is 4.22. The first-order valence-electron chi connectivity index (χ1n) is 7.74. The van der Waals surface area contributed by atoms with Crippen molar-refractivity contribution in [1.82, 2.24) is 14.6 Å². The molecule has 1 fully saturated rings. The first kappa shape index (κ1) is 14.5. The van der Waals surface area contributed by atoms with E-state index in [4.69, 9.17) is 11.6 Å². The average molecular weight is 329 g/mol. The predicted molar refractivity (Wildman–Crippen MR) is 90.9 cm³/mol. The number of fused-ring (bicyclic) bond motifs is 1. The van der Waals surface area contributed by atoms with Gasteiger partial charge in [-0.15, -0.1) is 0 Å². The maximum atomic E-state index is 9.92. The van der Waals surface area contributed by atoms with Crippen molar-refractivity contribution in [3.05, 3.63) is 47.7 Å². The number of rotatable bonds is 2. The largest absolute Gasteiger partial charge is 0.391 e. The SMILES string of the molecule is OC1CCCN(c2nccn3nc(-c4ccccc4Cl)cc23)C1. The summed E-state index contributed by atoms with van der Waals surface area (Å²) in [6.45, 7) is 1.51. The molecule has 6 heteroatoms. The molecule has 0 saturated carbocycles. The van der Waals surface area contributed by atoms with Gasteiger partial charge in [0.1, 0.15) is 5.52 Å². The van der Waals surface area contributed by atoms with Gasteiger partial charge in [-0.1, -0.05) is 29.8 Å². The maximum Gasteiger partial charge on any atom is 0.154 e. The van der Waals surface area contributed by atoms with Crippen molar-refractivity contribution in [1.29, 1.82) is 0 Å². The number of hydrogen-bond donors (Lipinski definition) is 1. The fourth-order valence-corrected chi connectivity index (χ4v) is 3.33. The molecule has 5 nitrogen and oxygen atoms in total. The summed E-state index contributed by atoms with van der Waals surface area (Å²) in [6.07, 6.45) is 5.10. The topological polar surface area (TPSA) is 53.7 Å². The lowest BCUT2D eigenvalue weighted by atomic mass is 10.1. The number of anilines is 1. The van der Waals surface area contributed by atoms with E-state index in [0.717, 1.165) is 42.0 Å². The molecule has 0 bridgehead atoms. The van der Waals surface area contributed by atoms with Crippen LogP contribution in [-0.4, -0.2) is 38.9 Å². The van der Waals surface area contributed by atoms with E-state index in [1.165, 1.54) is 0 Å². The number of aliphatic hydroxyl groups excluding tert-OH is 1. The number of benzene rings is 1. The van der Waals surface area contributed by atoms with E-state index in [0.29, 0.717) is 11.6 Å². The van der Waals surface area contributed by atoms with Crippen molar-refractivity contribution in [3.63, 3.8) is 0 Å². The molecule has 1 aliphatic heterocycles. The lowest BCUT2D eigenvalue weighted by molar-refractivity contribution is 0.154. The summed E-state index contributed by atoms with van der Waals surface area (Å²) >= 11 is 6.29. The smallest absolute Gasteiger partial charge is 0.154 e. The number of aromatic nitrogens is 3. The molecule has 118 valence electrons. The molecule has 0 aliphatic carbocycles. The molecule has 0 spiro atoms. The quantitative estimate of drug-likeness (QED) is 0.785. The van der Waals surface area contributed by atoms with Crippen LogP contribution in [0.2, 0.25) is 5.02 Å². The minimum Gasteiger partial charge on any atom is -0.391 e. The number of halogens is 1. The van der Waals surface area contributed by atoms with Crippen molar-refractivity contribution in [2.24, 2.45) is 0 Å². The Hall–Kier alpha value is -2.11. The predicted octanol–water partition coefficient (Wildman–Crippen LogP) is 3.01. The Morgan fingerprint density at radius 2 is 2.13 bits per heavy atom. The van der Waals surface area contributed by atoms with Crippen LogP contribution < -0.4 is 4.90 Å². The summed E-state index contributed by atoms with van der Waals surface area (Å²) in [5.41, 5.74) is 2.65. The van der Waals surface area contributed by atoms with E-state index in [1.807, 2.05) is 41.0 Å². The maximum absolute atomic E-state index is 9.92. The van der Waals surface area contributed by atoms with Crippen LogP contribution in [0.5, 0.6) is 0 Å². The van der Waals surface area contributed by atoms with Crippen LogP contribution in [0.3, 0.4) is 0 Å². The summed E-state index contributed by atoms with van der Waals surface area (Å²) in [7, 11) is 0. The Morgan fingerprint density at radius 1 is 1.26 bits per heavy atom. The van der Waals surface area contributed by atoms with Crippen molar-refractivity contribution >= 4 is 22.9 Å². The Morgan fingerprint density at radius 3 is 2.96 bits per heavy atom. The van der Waals surface area contributed by atoms with E-state index in [2.05, 4.69) is 15.0 Å². The summed E-state index contributed by atoms with van der Waals surface area (Å²) in [6, 6.07) is 9.68. The van der Waals surface area contributed by atoms with E-state index in [-0.39, 0.29) is 6.10 Å². The van der Waals surface area contributed by atoms with Crippen molar-refractivity contribution < 1.29 is 5.11 Å². The van der Waals surface area contributed by atoms with Gasteiger partial charge in [-0.3, -0.25) is 0 Å². The highest BCUT2D eigenvalue weighted by Gasteiger charge is 2.21. The molecule has 0 amide bonds. The lowest BCUT2D eigenvalue weighted by Crippen LogP contribution is -2.38.